The third-order valence-electron chi connectivity index (χ3n) is 5.15. The molecule has 0 bridgehead atoms. The van der Waals surface area contributed by atoms with Crippen LogP contribution in [0.25, 0.3) is 0 Å². The summed E-state index contributed by atoms with van der Waals surface area (Å²) in [4.78, 5) is 2.38. The van der Waals surface area contributed by atoms with Crippen molar-refractivity contribution in [1.82, 2.24) is 5.32 Å². The van der Waals surface area contributed by atoms with Crippen molar-refractivity contribution < 1.29 is 5.11 Å². The van der Waals surface area contributed by atoms with Gasteiger partial charge in [-0.05, 0) is 49.9 Å². The molecule has 1 aromatic carbocycles. The van der Waals surface area contributed by atoms with Crippen molar-refractivity contribution in [2.24, 2.45) is 11.8 Å². The minimum absolute atomic E-state index is 0.108. The average molecular weight is 309 g/mol. The number of hydrogen-bond donors (Lipinski definition) is 2. The van der Waals surface area contributed by atoms with E-state index in [4.69, 9.17) is 11.6 Å². The van der Waals surface area contributed by atoms with Crippen molar-refractivity contribution in [1.29, 1.82) is 0 Å². The van der Waals surface area contributed by atoms with Gasteiger partial charge < -0.3 is 15.3 Å². The van der Waals surface area contributed by atoms with Crippen LogP contribution in [0.1, 0.15) is 38.3 Å². The molecule has 116 valence electrons. The van der Waals surface area contributed by atoms with Crippen LogP contribution in [0.15, 0.2) is 18.2 Å². The second-order valence-electron chi connectivity index (χ2n) is 6.46. The molecule has 1 saturated carbocycles. The Morgan fingerprint density at radius 2 is 2.19 bits per heavy atom. The molecule has 3 nitrogen and oxygen atoms in total. The highest BCUT2D eigenvalue weighted by molar-refractivity contribution is 6.31. The molecule has 1 aliphatic heterocycles. The van der Waals surface area contributed by atoms with Crippen molar-refractivity contribution in [3.63, 3.8) is 0 Å². The van der Waals surface area contributed by atoms with Crippen LogP contribution >= 0.6 is 11.6 Å². The van der Waals surface area contributed by atoms with Crippen molar-refractivity contribution in [2.75, 3.05) is 24.5 Å². The van der Waals surface area contributed by atoms with E-state index in [1.165, 1.54) is 5.69 Å². The molecule has 4 unspecified atom stereocenters. The van der Waals surface area contributed by atoms with E-state index >= 15 is 0 Å². The van der Waals surface area contributed by atoms with Gasteiger partial charge >= 0.3 is 0 Å². The van der Waals surface area contributed by atoms with Gasteiger partial charge in [0.2, 0.25) is 0 Å². The van der Waals surface area contributed by atoms with E-state index in [1.54, 1.807) is 0 Å². The van der Waals surface area contributed by atoms with Crippen LogP contribution in [0.2, 0.25) is 5.02 Å². The number of aliphatic hydroxyl groups is 1. The molecule has 1 aliphatic carbocycles. The quantitative estimate of drug-likeness (QED) is 0.896. The van der Waals surface area contributed by atoms with Gasteiger partial charge in [-0.25, -0.2) is 0 Å². The Hall–Kier alpha value is -0.770. The van der Waals surface area contributed by atoms with Crippen LogP contribution in [0.4, 0.5) is 5.69 Å². The molecular formula is C17H25ClN2O. The van der Waals surface area contributed by atoms with Crippen LogP contribution in [-0.2, 0) is 0 Å². The minimum Gasteiger partial charge on any atom is -0.393 e. The molecule has 0 spiro atoms. The molecule has 0 radical (unpaired) electrons. The number of halogens is 1. The first kappa shape index (κ1) is 15.1. The fourth-order valence-electron chi connectivity index (χ4n) is 3.93. The van der Waals surface area contributed by atoms with Crippen LogP contribution in [0, 0.1) is 11.8 Å². The molecule has 4 atom stereocenters. The third-order valence-corrected chi connectivity index (χ3v) is 5.47. The Morgan fingerprint density at radius 1 is 1.38 bits per heavy atom. The summed E-state index contributed by atoms with van der Waals surface area (Å²) in [7, 11) is 0. The van der Waals surface area contributed by atoms with Crippen molar-refractivity contribution >= 4 is 17.3 Å². The van der Waals surface area contributed by atoms with Gasteiger partial charge in [-0.2, -0.15) is 0 Å². The Bertz CT molecular complexity index is 508. The number of rotatable bonds is 4. The average Bonchev–Trinajstić information content (AvgIpc) is 3.01. The van der Waals surface area contributed by atoms with Crippen molar-refractivity contribution in [2.45, 2.75) is 38.8 Å². The van der Waals surface area contributed by atoms with Crippen molar-refractivity contribution in [3.05, 3.63) is 28.8 Å². The van der Waals surface area contributed by atoms with E-state index in [9.17, 15) is 5.11 Å². The minimum atomic E-state index is -0.108. The molecule has 2 aliphatic rings. The Morgan fingerprint density at radius 3 is 2.86 bits per heavy atom. The zero-order valence-corrected chi connectivity index (χ0v) is 13.6. The summed E-state index contributed by atoms with van der Waals surface area (Å²) in [5.74, 6) is 1.10. The number of hydrogen-bond acceptors (Lipinski definition) is 3. The van der Waals surface area contributed by atoms with Gasteiger partial charge in [-0.15, -0.1) is 0 Å². The van der Waals surface area contributed by atoms with Gasteiger partial charge in [0.15, 0.2) is 0 Å². The number of anilines is 1. The SMILES string of the molecule is CCNC(C)c1ccc(N2CC3CCC(O)C3C2)cc1Cl. The fraction of sp³-hybridized carbons (Fsp3) is 0.647. The first-order chi connectivity index (χ1) is 10.1. The normalized spacial score (nSPS) is 29.7. The lowest BCUT2D eigenvalue weighted by Gasteiger charge is -2.22. The lowest BCUT2D eigenvalue weighted by atomic mass is 10.00. The van der Waals surface area contributed by atoms with E-state index < -0.39 is 0 Å². The van der Waals surface area contributed by atoms with E-state index in [-0.39, 0.29) is 12.1 Å². The van der Waals surface area contributed by atoms with Gasteiger partial charge in [0.25, 0.3) is 0 Å². The summed E-state index contributed by atoms with van der Waals surface area (Å²) in [5, 5.41) is 14.3. The second kappa shape index (κ2) is 6.15. The highest BCUT2D eigenvalue weighted by Gasteiger charge is 2.41. The monoisotopic (exact) mass is 308 g/mol. The molecule has 2 N–H and O–H groups in total. The van der Waals surface area contributed by atoms with E-state index in [2.05, 4.69) is 42.3 Å². The highest BCUT2D eigenvalue weighted by Crippen LogP contribution is 2.40. The van der Waals surface area contributed by atoms with Crippen LogP contribution < -0.4 is 10.2 Å². The lowest BCUT2D eigenvalue weighted by molar-refractivity contribution is 0.133. The third kappa shape index (κ3) is 2.92. The van der Waals surface area contributed by atoms with Gasteiger partial charge in [0.1, 0.15) is 0 Å². The molecule has 3 rings (SSSR count). The number of benzene rings is 1. The summed E-state index contributed by atoms with van der Waals surface area (Å²) < 4.78 is 0. The maximum absolute atomic E-state index is 10.0. The van der Waals surface area contributed by atoms with Crippen LogP contribution in [-0.4, -0.2) is 30.8 Å². The molecule has 0 aromatic heterocycles. The highest BCUT2D eigenvalue weighted by atomic mass is 35.5. The Balaban J connectivity index is 1.74. The Labute approximate surface area is 132 Å². The largest absolute Gasteiger partial charge is 0.393 e. The predicted molar refractivity (Wildman–Crippen MR) is 88.0 cm³/mol. The molecule has 1 saturated heterocycles. The van der Waals surface area contributed by atoms with Crippen LogP contribution in [0.3, 0.4) is 0 Å². The molecule has 21 heavy (non-hydrogen) atoms. The molecule has 0 amide bonds. The van der Waals surface area contributed by atoms with Crippen molar-refractivity contribution in [3.8, 4) is 0 Å². The first-order valence-corrected chi connectivity index (χ1v) is 8.43. The number of aliphatic hydroxyl groups excluding tert-OH is 1. The molecule has 2 fully saturated rings. The summed E-state index contributed by atoms with van der Waals surface area (Å²) in [5.41, 5.74) is 2.34. The maximum Gasteiger partial charge on any atom is 0.0588 e. The molecule has 4 heteroatoms. The van der Waals surface area contributed by atoms with E-state index in [0.717, 1.165) is 43.1 Å². The zero-order chi connectivity index (χ0) is 15.0. The maximum atomic E-state index is 10.0. The second-order valence-corrected chi connectivity index (χ2v) is 6.87. The van der Waals surface area contributed by atoms with Gasteiger partial charge in [-0.1, -0.05) is 24.6 Å². The number of nitrogens with one attached hydrogen (secondary N) is 1. The predicted octanol–water partition coefficient (Wildman–Crippen LogP) is 3.22. The summed E-state index contributed by atoms with van der Waals surface area (Å²) in [6.45, 7) is 7.20. The smallest absolute Gasteiger partial charge is 0.0588 e. The Kier molecular flexibility index (Phi) is 4.43. The standard InChI is InChI=1S/C17H25ClN2O/c1-3-19-11(2)14-6-5-13(8-16(14)18)20-9-12-4-7-17(21)15(12)10-20/h5-6,8,11-12,15,17,19,21H,3-4,7,9-10H2,1-2H3. The van der Waals surface area contributed by atoms with Gasteiger partial charge in [-0.3, -0.25) is 0 Å². The first-order valence-electron chi connectivity index (χ1n) is 8.06. The summed E-state index contributed by atoms with van der Waals surface area (Å²) in [6, 6.07) is 6.66. The van der Waals surface area contributed by atoms with E-state index in [1.807, 2.05) is 0 Å². The molecular weight excluding hydrogens is 284 g/mol. The zero-order valence-electron chi connectivity index (χ0n) is 12.8. The number of nitrogens with zero attached hydrogens (tertiary/aromatic N) is 1. The number of fused-ring (bicyclic) bond motifs is 1. The van der Waals surface area contributed by atoms with Gasteiger partial charge in [0.05, 0.1) is 6.10 Å². The molecule has 1 aromatic rings. The summed E-state index contributed by atoms with van der Waals surface area (Å²) >= 11 is 6.47. The van der Waals surface area contributed by atoms with E-state index in [0.29, 0.717) is 11.8 Å². The topological polar surface area (TPSA) is 35.5 Å². The van der Waals surface area contributed by atoms with Gasteiger partial charge in [0, 0.05) is 35.8 Å². The molecule has 1 heterocycles. The lowest BCUT2D eigenvalue weighted by Crippen LogP contribution is -2.24. The fourth-order valence-corrected chi connectivity index (χ4v) is 4.27. The summed E-state index contributed by atoms with van der Waals surface area (Å²) in [6.07, 6.45) is 2.03. The van der Waals surface area contributed by atoms with Crippen LogP contribution in [0.5, 0.6) is 0 Å².